The van der Waals surface area contributed by atoms with Crippen LogP contribution in [0.5, 0.6) is 5.75 Å². The number of phenols is 1. The second-order valence-electron chi connectivity index (χ2n) is 7.09. The summed E-state index contributed by atoms with van der Waals surface area (Å²) in [7, 11) is 0. The number of aromatic nitrogens is 1. The first kappa shape index (κ1) is 22.6. The van der Waals surface area contributed by atoms with Gasteiger partial charge in [0.15, 0.2) is 6.23 Å². The second kappa shape index (κ2) is 8.76. The number of benzene rings is 2. The summed E-state index contributed by atoms with van der Waals surface area (Å²) < 4.78 is 21.4. The van der Waals surface area contributed by atoms with Crippen LogP contribution in [0.4, 0.5) is 4.39 Å². The number of rotatable bonds is 4. The van der Waals surface area contributed by atoms with Crippen molar-refractivity contribution in [3.8, 4) is 5.75 Å². The first-order valence-corrected chi connectivity index (χ1v) is 10.8. The highest BCUT2D eigenvalue weighted by atomic mass is 35.5. The normalized spacial score (nSPS) is 26.5. The van der Waals surface area contributed by atoms with E-state index in [-0.39, 0.29) is 15.7 Å². The Kier molecular flexibility index (Phi) is 6.39. The molecule has 1 saturated heterocycles. The van der Waals surface area contributed by atoms with E-state index < -0.39 is 43.1 Å². The Balaban J connectivity index is 1.86. The lowest BCUT2D eigenvalue weighted by Gasteiger charge is -2.40. The van der Waals surface area contributed by atoms with Crippen LogP contribution in [0, 0.1) is 5.82 Å². The minimum Gasteiger partial charge on any atom is -0.508 e. The van der Waals surface area contributed by atoms with Crippen molar-refractivity contribution < 1.29 is 34.7 Å². The number of aliphatic hydroxyl groups is 4. The van der Waals surface area contributed by atoms with Gasteiger partial charge in [0.25, 0.3) is 0 Å². The Bertz CT molecular complexity index is 1130. The van der Waals surface area contributed by atoms with Gasteiger partial charge >= 0.3 is 0 Å². The molecule has 1 aliphatic rings. The van der Waals surface area contributed by atoms with Gasteiger partial charge in [-0.25, -0.2) is 4.39 Å². The topological polar surface area (TPSA) is 115 Å². The maximum atomic E-state index is 14.3. The van der Waals surface area contributed by atoms with Gasteiger partial charge in [0.2, 0.25) is 0 Å². The molecule has 4 rings (SSSR count). The zero-order valence-corrected chi connectivity index (χ0v) is 18.0. The molecule has 0 bridgehead atoms. The highest BCUT2D eigenvalue weighted by Crippen LogP contribution is 2.44. The standard InChI is InChI=1S/C20H18Cl2FNO6S/c21-9-2-3-10(22)16-15(9)14(31-13-4-1-8(26)5-11(13)23)6-24(16)20-19(29)18(28)17(27)12(7-25)30-20/h1-6,12,17-20,25-29H,7H2/t12-,17-,18+,19-,20-/m1/s1. The molecule has 7 nitrogen and oxygen atoms in total. The fourth-order valence-corrected chi connectivity index (χ4v) is 5.13. The van der Waals surface area contributed by atoms with E-state index in [1.54, 1.807) is 12.1 Å². The molecular formula is C20H18Cl2FNO6S. The summed E-state index contributed by atoms with van der Waals surface area (Å²) in [6.07, 6.45) is -5.45. The fourth-order valence-electron chi connectivity index (χ4n) is 3.56. The quantitative estimate of drug-likeness (QED) is 0.382. The maximum Gasteiger partial charge on any atom is 0.163 e. The summed E-state index contributed by atoms with van der Waals surface area (Å²) in [5.74, 6) is -0.858. The molecule has 0 spiro atoms. The number of nitrogens with zero attached hydrogens (tertiary/aromatic N) is 1. The van der Waals surface area contributed by atoms with Crippen LogP contribution in [0.1, 0.15) is 6.23 Å². The van der Waals surface area contributed by atoms with Gasteiger partial charge in [-0.15, -0.1) is 0 Å². The second-order valence-corrected chi connectivity index (χ2v) is 8.99. The fraction of sp³-hybridized carbons (Fsp3) is 0.300. The van der Waals surface area contributed by atoms with Crippen LogP contribution in [0.25, 0.3) is 10.9 Å². The van der Waals surface area contributed by atoms with E-state index in [4.69, 9.17) is 27.9 Å². The summed E-state index contributed by atoms with van der Waals surface area (Å²) in [6, 6.07) is 6.85. The summed E-state index contributed by atoms with van der Waals surface area (Å²) in [5, 5.41) is 50.8. The molecule has 0 radical (unpaired) electrons. The molecule has 166 valence electrons. The number of ether oxygens (including phenoxy) is 1. The molecule has 0 amide bonds. The van der Waals surface area contributed by atoms with Gasteiger partial charge < -0.3 is 34.8 Å². The van der Waals surface area contributed by atoms with Crippen molar-refractivity contribution >= 4 is 45.9 Å². The summed E-state index contributed by atoms with van der Waals surface area (Å²) in [4.78, 5) is 0.686. The zero-order valence-electron chi connectivity index (χ0n) is 15.7. The molecule has 5 N–H and O–H groups in total. The predicted octanol–water partition coefficient (Wildman–Crippen LogP) is 2.92. The van der Waals surface area contributed by atoms with Crippen molar-refractivity contribution in [1.29, 1.82) is 0 Å². The van der Waals surface area contributed by atoms with Crippen molar-refractivity contribution in [2.45, 2.75) is 40.4 Å². The number of hydrogen-bond acceptors (Lipinski definition) is 7. The highest BCUT2D eigenvalue weighted by molar-refractivity contribution is 7.99. The number of halogens is 3. The van der Waals surface area contributed by atoms with Crippen LogP contribution in [-0.2, 0) is 4.74 Å². The number of phenolic OH excluding ortho intramolecular Hbond substituents is 1. The largest absolute Gasteiger partial charge is 0.508 e. The number of hydrogen-bond donors (Lipinski definition) is 5. The van der Waals surface area contributed by atoms with Crippen LogP contribution in [0.2, 0.25) is 10.0 Å². The van der Waals surface area contributed by atoms with Crippen molar-refractivity contribution in [2.24, 2.45) is 0 Å². The molecule has 0 aliphatic carbocycles. The summed E-state index contributed by atoms with van der Waals surface area (Å²) in [5.41, 5.74) is 0.361. The minimum absolute atomic E-state index is 0.210. The number of aliphatic hydroxyl groups excluding tert-OH is 4. The van der Waals surface area contributed by atoms with Crippen LogP contribution in [0.3, 0.4) is 0 Å². The van der Waals surface area contributed by atoms with Crippen LogP contribution in [0.15, 0.2) is 46.3 Å². The van der Waals surface area contributed by atoms with Crippen LogP contribution >= 0.6 is 35.0 Å². The monoisotopic (exact) mass is 489 g/mol. The van der Waals surface area contributed by atoms with Crippen LogP contribution in [-0.4, -0.2) is 61.1 Å². The lowest BCUT2D eigenvalue weighted by atomic mass is 9.98. The molecule has 3 aromatic rings. The SMILES string of the molecule is OC[C@H]1O[C@@H](n2cc(Sc3ccc(O)cc3F)c3c(Cl)ccc(Cl)c32)[C@H](O)[C@@H](O)[C@@H]1O. The number of aromatic hydroxyl groups is 1. The van der Waals surface area contributed by atoms with Gasteiger partial charge in [-0.2, -0.15) is 0 Å². The molecule has 0 unspecified atom stereocenters. The van der Waals surface area contributed by atoms with Crippen molar-refractivity contribution in [1.82, 2.24) is 4.57 Å². The molecule has 31 heavy (non-hydrogen) atoms. The third-order valence-electron chi connectivity index (χ3n) is 5.12. The zero-order chi connectivity index (χ0) is 22.4. The Morgan fingerprint density at radius 1 is 1.00 bits per heavy atom. The van der Waals surface area contributed by atoms with Crippen LogP contribution < -0.4 is 0 Å². The molecule has 2 aromatic carbocycles. The van der Waals surface area contributed by atoms with E-state index >= 15 is 0 Å². The summed E-state index contributed by atoms with van der Waals surface area (Å²) >= 11 is 13.8. The lowest BCUT2D eigenvalue weighted by Crippen LogP contribution is -2.56. The molecule has 1 aromatic heterocycles. The lowest BCUT2D eigenvalue weighted by molar-refractivity contribution is -0.250. The Morgan fingerprint density at radius 3 is 2.39 bits per heavy atom. The smallest absolute Gasteiger partial charge is 0.163 e. The molecule has 5 atom stereocenters. The molecule has 1 fully saturated rings. The molecular weight excluding hydrogens is 472 g/mol. The van der Waals surface area contributed by atoms with Crippen molar-refractivity contribution in [2.75, 3.05) is 6.61 Å². The van der Waals surface area contributed by atoms with Crippen molar-refractivity contribution in [3.63, 3.8) is 0 Å². The molecule has 1 aliphatic heterocycles. The van der Waals surface area contributed by atoms with Gasteiger partial charge in [0.1, 0.15) is 36.0 Å². The van der Waals surface area contributed by atoms with E-state index in [1.165, 1.54) is 22.9 Å². The predicted molar refractivity (Wildman–Crippen MR) is 113 cm³/mol. The third kappa shape index (κ3) is 4.01. The average molecular weight is 490 g/mol. The Hall–Kier alpha value is -1.56. The van der Waals surface area contributed by atoms with E-state index in [1.807, 2.05) is 0 Å². The van der Waals surface area contributed by atoms with Gasteiger partial charge in [0.05, 0.1) is 22.2 Å². The summed E-state index contributed by atoms with van der Waals surface area (Å²) in [6.45, 7) is -0.588. The molecule has 2 heterocycles. The Labute approximate surface area is 190 Å². The molecule has 11 heteroatoms. The first-order chi connectivity index (χ1) is 14.7. The van der Waals surface area contributed by atoms with Gasteiger partial charge in [0, 0.05) is 27.4 Å². The van der Waals surface area contributed by atoms with Crippen molar-refractivity contribution in [3.05, 3.63) is 52.4 Å². The van der Waals surface area contributed by atoms with Gasteiger partial charge in [-0.3, -0.25) is 0 Å². The van der Waals surface area contributed by atoms with Gasteiger partial charge in [-0.05, 0) is 24.3 Å². The number of fused-ring (bicyclic) bond motifs is 1. The minimum atomic E-state index is -1.59. The maximum absolute atomic E-state index is 14.3. The highest BCUT2D eigenvalue weighted by Gasteiger charge is 2.44. The van der Waals surface area contributed by atoms with E-state index in [0.717, 1.165) is 17.8 Å². The first-order valence-electron chi connectivity index (χ1n) is 9.18. The van der Waals surface area contributed by atoms with E-state index in [9.17, 15) is 29.9 Å². The van der Waals surface area contributed by atoms with E-state index in [2.05, 4.69) is 0 Å². The molecule has 0 saturated carbocycles. The van der Waals surface area contributed by atoms with E-state index in [0.29, 0.717) is 20.8 Å². The average Bonchev–Trinajstić information content (AvgIpc) is 3.11. The third-order valence-corrected chi connectivity index (χ3v) is 6.82. The Morgan fingerprint density at radius 2 is 1.71 bits per heavy atom. The van der Waals surface area contributed by atoms with Gasteiger partial charge in [-0.1, -0.05) is 35.0 Å².